The number of hydrogen-bond acceptors (Lipinski definition) is 6. The number of carbonyl (C=O) groups is 1. The van der Waals surface area contributed by atoms with Crippen molar-refractivity contribution >= 4 is 5.97 Å². The molecular formula is C22H29NO5. The lowest BCUT2D eigenvalue weighted by molar-refractivity contribution is -0.154. The van der Waals surface area contributed by atoms with Gasteiger partial charge in [-0.3, -0.25) is 4.79 Å². The molecule has 0 fully saturated rings. The van der Waals surface area contributed by atoms with Gasteiger partial charge < -0.3 is 24.2 Å². The highest BCUT2D eigenvalue weighted by Gasteiger charge is 2.52. The number of ether oxygens (including phenoxy) is 3. The monoisotopic (exact) mass is 387 g/mol. The molecule has 3 aliphatic rings. The number of carbonyl (C=O) groups excluding carboxylic acids is 1. The van der Waals surface area contributed by atoms with Crippen LogP contribution in [0.5, 0.6) is 11.5 Å². The summed E-state index contributed by atoms with van der Waals surface area (Å²) in [5.41, 5.74) is 2.17. The van der Waals surface area contributed by atoms with E-state index in [1.54, 1.807) is 13.8 Å². The molecule has 3 unspecified atom stereocenters. The molecule has 1 N–H and O–H groups in total. The van der Waals surface area contributed by atoms with Crippen LogP contribution in [0.2, 0.25) is 0 Å². The van der Waals surface area contributed by atoms with E-state index in [1.165, 1.54) is 11.1 Å². The van der Waals surface area contributed by atoms with Crippen molar-refractivity contribution in [3.05, 3.63) is 35.4 Å². The van der Waals surface area contributed by atoms with Crippen LogP contribution in [-0.4, -0.2) is 48.6 Å². The van der Waals surface area contributed by atoms with Crippen LogP contribution in [0.3, 0.4) is 0 Å². The topological polar surface area (TPSA) is 68.2 Å². The minimum absolute atomic E-state index is 0.104. The van der Waals surface area contributed by atoms with Gasteiger partial charge in [0.1, 0.15) is 6.10 Å². The highest BCUT2D eigenvalue weighted by Crippen LogP contribution is 2.55. The van der Waals surface area contributed by atoms with Gasteiger partial charge in [0.25, 0.3) is 0 Å². The molecule has 0 bridgehead atoms. The third kappa shape index (κ3) is 3.29. The van der Waals surface area contributed by atoms with Crippen LogP contribution in [0.25, 0.3) is 0 Å². The number of nitrogens with zero attached hydrogens (tertiary/aromatic N) is 1. The Balaban J connectivity index is 1.69. The number of aliphatic hydroxyl groups excluding tert-OH is 1. The Morgan fingerprint density at radius 1 is 1.43 bits per heavy atom. The van der Waals surface area contributed by atoms with E-state index in [4.69, 9.17) is 14.2 Å². The van der Waals surface area contributed by atoms with Crippen molar-refractivity contribution in [2.24, 2.45) is 5.92 Å². The van der Waals surface area contributed by atoms with E-state index in [0.717, 1.165) is 31.7 Å². The number of rotatable bonds is 4. The highest BCUT2D eigenvalue weighted by molar-refractivity contribution is 5.71. The van der Waals surface area contributed by atoms with Crippen LogP contribution in [0.4, 0.5) is 0 Å². The fourth-order valence-corrected chi connectivity index (χ4v) is 4.61. The molecule has 28 heavy (non-hydrogen) atoms. The standard InChI is InChI=1S/C22H29NO5/c1-14(2)21(25)27-13-26-17-6-5-15-12-23(3)10-4-8-22-9-7-16(24)11-18(22)28-20(17)19(15)22/h5-7,9,14,16,18,24H,4,8,10-13H2,1-3H3. The van der Waals surface area contributed by atoms with Gasteiger partial charge >= 0.3 is 5.97 Å². The Hall–Kier alpha value is -2.05. The molecule has 6 nitrogen and oxygen atoms in total. The van der Waals surface area contributed by atoms with Gasteiger partial charge in [-0.15, -0.1) is 0 Å². The van der Waals surface area contributed by atoms with Gasteiger partial charge in [-0.05, 0) is 38.1 Å². The van der Waals surface area contributed by atoms with Crippen molar-refractivity contribution in [2.45, 2.75) is 57.3 Å². The van der Waals surface area contributed by atoms with E-state index in [-0.39, 0.29) is 30.2 Å². The molecule has 152 valence electrons. The van der Waals surface area contributed by atoms with Crippen LogP contribution in [-0.2, 0) is 21.5 Å². The van der Waals surface area contributed by atoms with Crippen molar-refractivity contribution in [1.29, 1.82) is 0 Å². The lowest BCUT2D eigenvalue weighted by Crippen LogP contribution is -2.43. The minimum atomic E-state index is -0.488. The van der Waals surface area contributed by atoms with Crippen molar-refractivity contribution in [3.8, 4) is 11.5 Å². The van der Waals surface area contributed by atoms with Gasteiger partial charge in [0.15, 0.2) is 11.5 Å². The molecule has 6 heteroatoms. The van der Waals surface area contributed by atoms with E-state index in [0.29, 0.717) is 12.2 Å². The average Bonchev–Trinajstić information content (AvgIpc) is 2.96. The Labute approximate surface area is 166 Å². The maximum atomic E-state index is 11.7. The number of benzene rings is 1. The summed E-state index contributed by atoms with van der Waals surface area (Å²) < 4.78 is 17.4. The Kier molecular flexibility index (Phi) is 5.10. The maximum Gasteiger partial charge on any atom is 0.311 e. The fraction of sp³-hybridized carbons (Fsp3) is 0.591. The lowest BCUT2D eigenvalue weighted by atomic mass is 9.67. The smallest absolute Gasteiger partial charge is 0.311 e. The van der Waals surface area contributed by atoms with E-state index in [9.17, 15) is 9.90 Å². The summed E-state index contributed by atoms with van der Waals surface area (Å²) in [6, 6.07) is 3.99. The summed E-state index contributed by atoms with van der Waals surface area (Å²) in [7, 11) is 2.13. The third-order valence-electron chi connectivity index (χ3n) is 6.04. The van der Waals surface area contributed by atoms with Gasteiger partial charge in [-0.25, -0.2) is 0 Å². The second kappa shape index (κ2) is 7.41. The predicted octanol–water partition coefficient (Wildman–Crippen LogP) is 2.77. The van der Waals surface area contributed by atoms with Crippen LogP contribution in [0.15, 0.2) is 24.3 Å². The molecule has 4 rings (SSSR count). The van der Waals surface area contributed by atoms with Gasteiger partial charge in [0.05, 0.1) is 17.4 Å². The fourth-order valence-electron chi connectivity index (χ4n) is 4.61. The molecule has 1 spiro atoms. The van der Waals surface area contributed by atoms with E-state index in [1.807, 2.05) is 12.1 Å². The molecule has 1 aromatic carbocycles. The molecule has 1 aromatic rings. The first kappa shape index (κ1) is 19.3. The first-order valence-electron chi connectivity index (χ1n) is 10.1. The van der Waals surface area contributed by atoms with Gasteiger partial charge in [-0.1, -0.05) is 32.1 Å². The molecule has 0 amide bonds. The molecular weight excluding hydrogens is 358 g/mol. The van der Waals surface area contributed by atoms with Crippen molar-refractivity contribution < 1.29 is 24.1 Å². The molecule has 0 saturated carbocycles. The van der Waals surface area contributed by atoms with E-state index in [2.05, 4.69) is 24.1 Å². The van der Waals surface area contributed by atoms with Gasteiger partial charge in [-0.2, -0.15) is 0 Å². The second-order valence-corrected chi connectivity index (χ2v) is 8.46. The molecule has 0 saturated heterocycles. The van der Waals surface area contributed by atoms with E-state index < -0.39 is 6.10 Å². The van der Waals surface area contributed by atoms with Crippen LogP contribution < -0.4 is 9.47 Å². The summed E-state index contributed by atoms with van der Waals surface area (Å²) >= 11 is 0. The van der Waals surface area contributed by atoms with Crippen LogP contribution >= 0.6 is 0 Å². The zero-order chi connectivity index (χ0) is 19.9. The van der Waals surface area contributed by atoms with Crippen molar-refractivity contribution in [3.63, 3.8) is 0 Å². The Morgan fingerprint density at radius 3 is 3.04 bits per heavy atom. The van der Waals surface area contributed by atoms with Crippen LogP contribution in [0, 0.1) is 5.92 Å². The SMILES string of the molecule is CC(C)C(=O)OCOc1ccc2c3c1OC1CC(O)C=CC31CCCN(C)C2. The molecule has 0 radical (unpaired) electrons. The number of aliphatic hydroxyl groups is 1. The summed E-state index contributed by atoms with van der Waals surface area (Å²) in [5, 5.41) is 10.2. The predicted molar refractivity (Wildman–Crippen MR) is 104 cm³/mol. The van der Waals surface area contributed by atoms with E-state index >= 15 is 0 Å². The third-order valence-corrected chi connectivity index (χ3v) is 6.04. The zero-order valence-electron chi connectivity index (χ0n) is 16.8. The molecule has 2 aliphatic heterocycles. The second-order valence-electron chi connectivity index (χ2n) is 8.46. The Bertz CT molecular complexity index is 789. The quantitative estimate of drug-likeness (QED) is 0.487. The summed E-state index contributed by atoms with van der Waals surface area (Å²) in [4.78, 5) is 14.0. The summed E-state index contributed by atoms with van der Waals surface area (Å²) in [6.45, 7) is 5.32. The number of hydrogen-bond donors (Lipinski definition) is 1. The molecule has 2 heterocycles. The molecule has 3 atom stereocenters. The van der Waals surface area contributed by atoms with Crippen molar-refractivity contribution in [1.82, 2.24) is 4.90 Å². The summed E-state index contributed by atoms with van der Waals surface area (Å²) in [5.74, 6) is 0.841. The molecule has 0 aromatic heterocycles. The largest absolute Gasteiger partial charge is 0.485 e. The average molecular weight is 387 g/mol. The minimum Gasteiger partial charge on any atom is -0.485 e. The Morgan fingerprint density at radius 2 is 2.25 bits per heavy atom. The first-order valence-corrected chi connectivity index (χ1v) is 10.1. The lowest BCUT2D eigenvalue weighted by Gasteiger charge is -2.38. The van der Waals surface area contributed by atoms with Crippen molar-refractivity contribution in [2.75, 3.05) is 20.4 Å². The normalized spacial score (nSPS) is 28.8. The number of esters is 1. The summed E-state index contributed by atoms with van der Waals surface area (Å²) in [6.07, 6.45) is 6.06. The van der Waals surface area contributed by atoms with Gasteiger partial charge in [0.2, 0.25) is 6.79 Å². The highest BCUT2D eigenvalue weighted by atomic mass is 16.7. The first-order chi connectivity index (χ1) is 13.4. The maximum absolute atomic E-state index is 11.7. The van der Waals surface area contributed by atoms with Gasteiger partial charge in [0, 0.05) is 18.5 Å². The zero-order valence-corrected chi connectivity index (χ0v) is 16.8. The van der Waals surface area contributed by atoms with Crippen LogP contribution in [0.1, 0.15) is 44.2 Å². The molecule has 1 aliphatic carbocycles.